The molecule has 1 heterocycles. The molecule has 0 aromatic heterocycles. The van der Waals surface area contributed by atoms with E-state index in [9.17, 15) is 4.39 Å². The molecular formula is C12H15ClFNS. The molecule has 0 radical (unpaired) electrons. The summed E-state index contributed by atoms with van der Waals surface area (Å²) in [7, 11) is 0. The molecule has 1 aromatic rings. The molecule has 0 saturated carbocycles. The van der Waals surface area contributed by atoms with E-state index in [4.69, 9.17) is 11.6 Å². The van der Waals surface area contributed by atoms with E-state index < -0.39 is 0 Å². The predicted octanol–water partition coefficient (Wildman–Crippen LogP) is 3.32. The van der Waals surface area contributed by atoms with Crippen LogP contribution in [0.2, 0.25) is 5.02 Å². The van der Waals surface area contributed by atoms with Crippen LogP contribution in [0.15, 0.2) is 18.2 Å². The summed E-state index contributed by atoms with van der Waals surface area (Å²) in [6.07, 6.45) is 1.30. The Morgan fingerprint density at radius 3 is 3.06 bits per heavy atom. The van der Waals surface area contributed by atoms with E-state index in [1.165, 1.54) is 30.1 Å². The summed E-state index contributed by atoms with van der Waals surface area (Å²) >= 11 is 7.96. The molecule has 1 N–H and O–H groups in total. The second-order valence-electron chi connectivity index (χ2n) is 4.10. The van der Waals surface area contributed by atoms with Crippen molar-refractivity contribution in [2.75, 3.05) is 18.1 Å². The van der Waals surface area contributed by atoms with E-state index in [0.717, 1.165) is 24.6 Å². The van der Waals surface area contributed by atoms with Crippen molar-refractivity contribution in [3.8, 4) is 0 Å². The highest BCUT2D eigenvalue weighted by molar-refractivity contribution is 7.99. The Bertz CT molecular complexity index is 353. The van der Waals surface area contributed by atoms with Crippen LogP contribution in [0.4, 0.5) is 4.39 Å². The molecule has 1 saturated heterocycles. The quantitative estimate of drug-likeness (QED) is 0.890. The maximum Gasteiger partial charge on any atom is 0.124 e. The molecule has 1 aromatic carbocycles. The van der Waals surface area contributed by atoms with Gasteiger partial charge in [-0.3, -0.25) is 0 Å². The SMILES string of the molecule is Fc1ccc(CNCC2CCSC2)c(Cl)c1. The van der Waals surface area contributed by atoms with E-state index >= 15 is 0 Å². The standard InChI is InChI=1S/C12H15ClFNS/c13-12-5-11(14)2-1-10(12)7-15-6-9-3-4-16-8-9/h1-2,5,9,15H,3-4,6-8H2. The van der Waals surface area contributed by atoms with Crippen molar-refractivity contribution in [1.82, 2.24) is 5.32 Å². The molecule has 1 fully saturated rings. The van der Waals surface area contributed by atoms with Gasteiger partial charge in [-0.1, -0.05) is 17.7 Å². The molecule has 0 amide bonds. The van der Waals surface area contributed by atoms with E-state index in [1.54, 1.807) is 6.07 Å². The second-order valence-corrected chi connectivity index (χ2v) is 5.65. The number of hydrogen-bond acceptors (Lipinski definition) is 2. The van der Waals surface area contributed by atoms with Crippen molar-refractivity contribution in [2.45, 2.75) is 13.0 Å². The normalized spacial score (nSPS) is 20.2. The molecule has 0 bridgehead atoms. The van der Waals surface area contributed by atoms with E-state index in [2.05, 4.69) is 5.32 Å². The van der Waals surface area contributed by atoms with Gasteiger partial charge in [0.2, 0.25) is 0 Å². The molecule has 4 heteroatoms. The lowest BCUT2D eigenvalue weighted by Gasteiger charge is -2.10. The topological polar surface area (TPSA) is 12.0 Å². The third-order valence-corrected chi connectivity index (χ3v) is 4.37. The van der Waals surface area contributed by atoms with Crippen molar-refractivity contribution < 1.29 is 4.39 Å². The fourth-order valence-electron chi connectivity index (χ4n) is 1.82. The van der Waals surface area contributed by atoms with Crippen molar-refractivity contribution >= 4 is 23.4 Å². The minimum absolute atomic E-state index is 0.277. The van der Waals surface area contributed by atoms with Gasteiger partial charge in [-0.25, -0.2) is 4.39 Å². The van der Waals surface area contributed by atoms with Gasteiger partial charge < -0.3 is 5.32 Å². The van der Waals surface area contributed by atoms with Gasteiger partial charge in [-0.2, -0.15) is 11.8 Å². The van der Waals surface area contributed by atoms with E-state index in [1.807, 2.05) is 11.8 Å². The molecule has 1 aliphatic heterocycles. The van der Waals surface area contributed by atoms with Crippen LogP contribution in [0, 0.1) is 11.7 Å². The maximum atomic E-state index is 12.8. The van der Waals surface area contributed by atoms with Gasteiger partial charge in [0.05, 0.1) is 0 Å². The minimum atomic E-state index is -0.277. The molecular weight excluding hydrogens is 245 g/mol. The van der Waals surface area contributed by atoms with Gasteiger partial charge in [0.15, 0.2) is 0 Å². The average molecular weight is 260 g/mol. The third-order valence-electron chi connectivity index (χ3n) is 2.79. The largest absolute Gasteiger partial charge is 0.312 e. The first kappa shape index (κ1) is 12.2. The Balaban J connectivity index is 1.80. The number of rotatable bonds is 4. The van der Waals surface area contributed by atoms with E-state index in [0.29, 0.717) is 5.02 Å². The van der Waals surface area contributed by atoms with Crippen LogP contribution in [-0.4, -0.2) is 18.1 Å². The maximum absolute atomic E-state index is 12.8. The van der Waals surface area contributed by atoms with Crippen LogP contribution < -0.4 is 5.32 Å². The molecule has 88 valence electrons. The van der Waals surface area contributed by atoms with Gasteiger partial charge in [0.1, 0.15) is 5.82 Å². The van der Waals surface area contributed by atoms with Crippen molar-refractivity contribution in [1.29, 1.82) is 0 Å². The molecule has 2 rings (SSSR count). The number of benzene rings is 1. The van der Waals surface area contributed by atoms with Crippen molar-refractivity contribution in [2.24, 2.45) is 5.92 Å². The lowest BCUT2D eigenvalue weighted by molar-refractivity contribution is 0.523. The van der Waals surface area contributed by atoms with Gasteiger partial charge in [0.25, 0.3) is 0 Å². The Labute approximate surface area is 105 Å². The third kappa shape index (κ3) is 3.37. The first-order chi connectivity index (χ1) is 7.75. The summed E-state index contributed by atoms with van der Waals surface area (Å²) in [5.41, 5.74) is 0.966. The van der Waals surface area contributed by atoms with Crippen molar-refractivity contribution in [3.05, 3.63) is 34.6 Å². The summed E-state index contributed by atoms with van der Waals surface area (Å²) in [5.74, 6) is 3.04. The fraction of sp³-hybridized carbons (Fsp3) is 0.500. The summed E-state index contributed by atoms with van der Waals surface area (Å²) in [6, 6.07) is 4.56. The molecule has 0 aliphatic carbocycles. The van der Waals surface area contributed by atoms with Crippen LogP contribution in [0.1, 0.15) is 12.0 Å². The second kappa shape index (κ2) is 5.89. The molecule has 1 nitrogen and oxygen atoms in total. The summed E-state index contributed by atoms with van der Waals surface area (Å²) in [6.45, 7) is 1.75. The highest BCUT2D eigenvalue weighted by Crippen LogP contribution is 2.23. The van der Waals surface area contributed by atoms with Crippen molar-refractivity contribution in [3.63, 3.8) is 0 Å². The van der Waals surface area contributed by atoms with Crippen LogP contribution in [-0.2, 0) is 6.54 Å². The summed E-state index contributed by atoms with van der Waals surface area (Å²) in [5, 5.41) is 3.89. The highest BCUT2D eigenvalue weighted by Gasteiger charge is 2.14. The lowest BCUT2D eigenvalue weighted by atomic mass is 10.1. The molecule has 1 unspecified atom stereocenters. The monoisotopic (exact) mass is 259 g/mol. The molecule has 1 aliphatic rings. The Morgan fingerprint density at radius 1 is 1.50 bits per heavy atom. The zero-order valence-electron chi connectivity index (χ0n) is 9.01. The minimum Gasteiger partial charge on any atom is -0.312 e. The zero-order valence-corrected chi connectivity index (χ0v) is 10.6. The molecule has 0 spiro atoms. The predicted molar refractivity (Wildman–Crippen MR) is 68.5 cm³/mol. The number of nitrogens with one attached hydrogen (secondary N) is 1. The fourth-order valence-corrected chi connectivity index (χ4v) is 3.34. The number of hydrogen-bond donors (Lipinski definition) is 1. The summed E-state index contributed by atoms with van der Waals surface area (Å²) in [4.78, 5) is 0. The number of thioether (sulfide) groups is 1. The molecule has 16 heavy (non-hydrogen) atoms. The molecule has 1 atom stereocenters. The zero-order chi connectivity index (χ0) is 11.4. The lowest BCUT2D eigenvalue weighted by Crippen LogP contribution is -2.22. The first-order valence-electron chi connectivity index (χ1n) is 5.48. The van der Waals surface area contributed by atoms with Crippen LogP contribution >= 0.6 is 23.4 Å². The van der Waals surface area contributed by atoms with Gasteiger partial charge in [0, 0.05) is 11.6 Å². The Kier molecular flexibility index (Phi) is 4.50. The Hall–Kier alpha value is -0.250. The average Bonchev–Trinajstić information content (AvgIpc) is 2.74. The number of halogens is 2. The first-order valence-corrected chi connectivity index (χ1v) is 7.01. The van der Waals surface area contributed by atoms with Gasteiger partial charge in [-0.05, 0) is 48.1 Å². The van der Waals surface area contributed by atoms with E-state index in [-0.39, 0.29) is 5.82 Å². The Morgan fingerprint density at radius 2 is 2.38 bits per heavy atom. The van der Waals surface area contributed by atoms with Crippen LogP contribution in [0.25, 0.3) is 0 Å². The smallest absolute Gasteiger partial charge is 0.124 e. The highest BCUT2D eigenvalue weighted by atomic mass is 35.5. The van der Waals surface area contributed by atoms with Gasteiger partial charge >= 0.3 is 0 Å². The van der Waals surface area contributed by atoms with Crippen LogP contribution in [0.3, 0.4) is 0 Å². The summed E-state index contributed by atoms with van der Waals surface area (Å²) < 4.78 is 12.8. The van der Waals surface area contributed by atoms with Crippen LogP contribution in [0.5, 0.6) is 0 Å². The van der Waals surface area contributed by atoms with Gasteiger partial charge in [-0.15, -0.1) is 0 Å².